The molecular formula is C13H18N6. The molecular weight excluding hydrogens is 240 g/mol. The fraction of sp³-hybridized carbons (Fsp3) is 0.615. The number of nitrogens with one attached hydrogen (secondary N) is 1. The molecule has 0 unspecified atom stereocenters. The number of likely N-dealkylation sites (tertiary alicyclic amines) is 1. The van der Waals surface area contributed by atoms with Gasteiger partial charge in [0.2, 0.25) is 0 Å². The van der Waals surface area contributed by atoms with Crippen molar-refractivity contribution in [2.45, 2.75) is 18.9 Å². The number of anilines is 1. The summed E-state index contributed by atoms with van der Waals surface area (Å²) >= 11 is 0. The van der Waals surface area contributed by atoms with Crippen molar-refractivity contribution in [2.75, 3.05) is 31.6 Å². The molecule has 4 rings (SSSR count). The van der Waals surface area contributed by atoms with Crippen molar-refractivity contribution >= 4 is 17.0 Å². The molecule has 19 heavy (non-hydrogen) atoms. The molecule has 0 saturated carbocycles. The van der Waals surface area contributed by atoms with Gasteiger partial charge in [-0.1, -0.05) is 0 Å². The number of likely N-dealkylation sites (N-methyl/N-ethyl adjacent to an activating group) is 1. The van der Waals surface area contributed by atoms with E-state index in [-0.39, 0.29) is 0 Å². The number of hydrogen-bond donors (Lipinski definition) is 1. The SMILES string of the molecule is CN1CC[C@@H]2CCN(c3ncnc4nc[nH]c34)[C@@H]2C1. The first-order valence-electron chi connectivity index (χ1n) is 6.92. The molecule has 0 bridgehead atoms. The van der Waals surface area contributed by atoms with E-state index in [0.29, 0.717) is 6.04 Å². The Morgan fingerprint density at radius 2 is 2.11 bits per heavy atom. The van der Waals surface area contributed by atoms with E-state index in [1.54, 1.807) is 12.7 Å². The minimum Gasteiger partial charge on any atom is -0.350 e. The van der Waals surface area contributed by atoms with E-state index in [0.717, 1.165) is 36.0 Å². The van der Waals surface area contributed by atoms with Gasteiger partial charge in [-0.25, -0.2) is 15.0 Å². The lowest BCUT2D eigenvalue weighted by Crippen LogP contribution is -2.47. The Morgan fingerprint density at radius 3 is 3.05 bits per heavy atom. The number of fused-ring (bicyclic) bond motifs is 2. The molecule has 2 aliphatic rings. The third kappa shape index (κ3) is 1.70. The number of imidazole rings is 1. The Labute approximate surface area is 111 Å². The smallest absolute Gasteiger partial charge is 0.182 e. The third-order valence-corrected chi connectivity index (χ3v) is 4.54. The van der Waals surface area contributed by atoms with Gasteiger partial charge in [0.15, 0.2) is 11.5 Å². The molecule has 6 nitrogen and oxygen atoms in total. The predicted molar refractivity (Wildman–Crippen MR) is 73.0 cm³/mol. The van der Waals surface area contributed by atoms with Crippen molar-refractivity contribution in [1.29, 1.82) is 0 Å². The van der Waals surface area contributed by atoms with Crippen molar-refractivity contribution in [3.63, 3.8) is 0 Å². The second-order valence-electron chi connectivity index (χ2n) is 5.66. The van der Waals surface area contributed by atoms with E-state index in [2.05, 4.69) is 36.8 Å². The highest BCUT2D eigenvalue weighted by Crippen LogP contribution is 2.35. The predicted octanol–water partition coefficient (Wildman–Crippen LogP) is 0.883. The molecule has 0 aliphatic carbocycles. The summed E-state index contributed by atoms with van der Waals surface area (Å²) < 4.78 is 0. The molecule has 1 N–H and O–H groups in total. The van der Waals surface area contributed by atoms with Crippen molar-refractivity contribution < 1.29 is 0 Å². The monoisotopic (exact) mass is 258 g/mol. The Hall–Kier alpha value is -1.69. The number of H-pyrrole nitrogens is 1. The number of nitrogens with zero attached hydrogens (tertiary/aromatic N) is 5. The van der Waals surface area contributed by atoms with Gasteiger partial charge in [0.1, 0.15) is 11.8 Å². The van der Waals surface area contributed by atoms with Gasteiger partial charge >= 0.3 is 0 Å². The van der Waals surface area contributed by atoms with Crippen LogP contribution in [0.25, 0.3) is 11.2 Å². The van der Waals surface area contributed by atoms with E-state index in [1.165, 1.54) is 19.4 Å². The topological polar surface area (TPSA) is 60.9 Å². The lowest BCUT2D eigenvalue weighted by atomic mass is 9.92. The van der Waals surface area contributed by atoms with E-state index < -0.39 is 0 Å². The summed E-state index contributed by atoms with van der Waals surface area (Å²) in [4.78, 5) is 21.0. The van der Waals surface area contributed by atoms with Gasteiger partial charge in [0.05, 0.1) is 6.33 Å². The lowest BCUT2D eigenvalue weighted by Gasteiger charge is -2.37. The maximum absolute atomic E-state index is 4.50. The molecule has 0 aromatic carbocycles. The van der Waals surface area contributed by atoms with Gasteiger partial charge in [0, 0.05) is 19.1 Å². The summed E-state index contributed by atoms with van der Waals surface area (Å²) in [6.45, 7) is 3.44. The van der Waals surface area contributed by atoms with Gasteiger partial charge in [0.25, 0.3) is 0 Å². The van der Waals surface area contributed by atoms with Crippen LogP contribution in [0.2, 0.25) is 0 Å². The molecule has 6 heteroatoms. The molecule has 4 heterocycles. The van der Waals surface area contributed by atoms with Crippen LogP contribution >= 0.6 is 0 Å². The summed E-state index contributed by atoms with van der Waals surface area (Å²) in [5, 5.41) is 0. The number of aromatic amines is 1. The Kier molecular flexibility index (Phi) is 2.44. The summed E-state index contributed by atoms with van der Waals surface area (Å²) in [5.74, 6) is 1.83. The molecule has 2 aromatic rings. The molecule has 0 amide bonds. The highest BCUT2D eigenvalue weighted by Gasteiger charge is 2.38. The highest BCUT2D eigenvalue weighted by molar-refractivity contribution is 5.83. The Bertz CT molecular complexity index is 594. The van der Waals surface area contributed by atoms with Crippen molar-refractivity contribution in [2.24, 2.45) is 5.92 Å². The van der Waals surface area contributed by atoms with Crippen LogP contribution in [0.15, 0.2) is 12.7 Å². The summed E-state index contributed by atoms with van der Waals surface area (Å²) in [5.41, 5.74) is 1.73. The van der Waals surface area contributed by atoms with E-state index in [1.807, 2.05) is 0 Å². The second-order valence-corrected chi connectivity index (χ2v) is 5.66. The van der Waals surface area contributed by atoms with Gasteiger partial charge < -0.3 is 14.8 Å². The molecule has 2 fully saturated rings. The average Bonchev–Trinajstić information content (AvgIpc) is 3.03. The van der Waals surface area contributed by atoms with Gasteiger partial charge in [-0.15, -0.1) is 0 Å². The Balaban J connectivity index is 1.74. The summed E-state index contributed by atoms with van der Waals surface area (Å²) in [7, 11) is 2.21. The van der Waals surface area contributed by atoms with Crippen LogP contribution in [-0.4, -0.2) is 57.6 Å². The second kappa shape index (κ2) is 4.16. The zero-order valence-corrected chi connectivity index (χ0v) is 11.1. The number of aromatic nitrogens is 4. The first-order chi connectivity index (χ1) is 9.33. The third-order valence-electron chi connectivity index (χ3n) is 4.54. The fourth-order valence-corrected chi connectivity index (χ4v) is 3.53. The van der Waals surface area contributed by atoms with Crippen LogP contribution in [0.4, 0.5) is 5.82 Å². The number of hydrogen-bond acceptors (Lipinski definition) is 5. The van der Waals surface area contributed by atoms with E-state index in [4.69, 9.17) is 0 Å². The zero-order valence-electron chi connectivity index (χ0n) is 11.1. The van der Waals surface area contributed by atoms with Crippen LogP contribution in [0.3, 0.4) is 0 Å². The van der Waals surface area contributed by atoms with E-state index in [9.17, 15) is 0 Å². The molecule has 0 spiro atoms. The first-order valence-corrected chi connectivity index (χ1v) is 6.92. The molecule has 2 aliphatic heterocycles. The quantitative estimate of drug-likeness (QED) is 0.823. The molecule has 0 radical (unpaired) electrons. The summed E-state index contributed by atoms with van der Waals surface area (Å²) in [6.07, 6.45) is 5.90. The Morgan fingerprint density at radius 1 is 1.21 bits per heavy atom. The van der Waals surface area contributed by atoms with E-state index >= 15 is 0 Å². The van der Waals surface area contributed by atoms with Crippen molar-refractivity contribution in [1.82, 2.24) is 24.8 Å². The zero-order chi connectivity index (χ0) is 12.8. The largest absolute Gasteiger partial charge is 0.350 e. The van der Waals surface area contributed by atoms with Gasteiger partial charge in [-0.05, 0) is 32.4 Å². The maximum Gasteiger partial charge on any atom is 0.182 e. The standard InChI is InChI=1S/C13H18N6/c1-18-4-2-9-3-5-19(10(9)6-18)13-11-12(15-7-14-11)16-8-17-13/h7-10H,2-6H2,1H3,(H,14,15,16,17)/t9-,10-/m1/s1. The van der Waals surface area contributed by atoms with Crippen LogP contribution in [0, 0.1) is 5.92 Å². The normalized spacial score (nSPS) is 27.9. The van der Waals surface area contributed by atoms with Crippen LogP contribution in [-0.2, 0) is 0 Å². The first kappa shape index (κ1) is 11.2. The van der Waals surface area contributed by atoms with Crippen molar-refractivity contribution in [3.8, 4) is 0 Å². The lowest BCUT2D eigenvalue weighted by molar-refractivity contribution is 0.208. The molecule has 2 aromatic heterocycles. The van der Waals surface area contributed by atoms with Crippen LogP contribution < -0.4 is 4.90 Å². The fourth-order valence-electron chi connectivity index (χ4n) is 3.53. The maximum atomic E-state index is 4.50. The summed E-state index contributed by atoms with van der Waals surface area (Å²) in [6, 6.07) is 0.583. The molecule has 100 valence electrons. The average molecular weight is 258 g/mol. The highest BCUT2D eigenvalue weighted by atomic mass is 15.3. The number of piperidine rings is 1. The minimum atomic E-state index is 0.583. The molecule has 2 atom stereocenters. The number of rotatable bonds is 1. The molecule has 2 saturated heterocycles. The van der Waals surface area contributed by atoms with Crippen LogP contribution in [0.5, 0.6) is 0 Å². The van der Waals surface area contributed by atoms with Gasteiger partial charge in [-0.2, -0.15) is 0 Å². The van der Waals surface area contributed by atoms with Crippen LogP contribution in [0.1, 0.15) is 12.8 Å². The minimum absolute atomic E-state index is 0.583. The van der Waals surface area contributed by atoms with Crippen molar-refractivity contribution in [3.05, 3.63) is 12.7 Å². The van der Waals surface area contributed by atoms with Gasteiger partial charge in [-0.3, -0.25) is 0 Å².